The smallest absolute Gasteiger partial charge is 0.251 e. The lowest BCUT2D eigenvalue weighted by Gasteiger charge is -2.15. The lowest BCUT2D eigenvalue weighted by Crippen LogP contribution is -2.10. The van der Waals surface area contributed by atoms with Crippen LogP contribution in [0.25, 0.3) is 11.4 Å². The second-order valence-electron chi connectivity index (χ2n) is 5.97. The molecule has 0 amide bonds. The van der Waals surface area contributed by atoms with Crippen molar-refractivity contribution in [3.8, 4) is 17.5 Å². The zero-order chi connectivity index (χ0) is 18.5. The molecule has 2 N–H and O–H groups in total. The van der Waals surface area contributed by atoms with Gasteiger partial charge in [-0.1, -0.05) is 19.1 Å². The summed E-state index contributed by atoms with van der Waals surface area (Å²) in [6, 6.07) is 14.8. The zero-order valence-corrected chi connectivity index (χ0v) is 14.7. The molecular weight excluding hydrogens is 326 g/mol. The molecule has 1 unspecified atom stereocenters. The molecule has 0 radical (unpaired) electrons. The molecule has 3 rings (SSSR count). The Morgan fingerprint density at radius 1 is 1.27 bits per heavy atom. The van der Waals surface area contributed by atoms with Crippen molar-refractivity contribution in [2.24, 2.45) is 0 Å². The summed E-state index contributed by atoms with van der Waals surface area (Å²) in [5.41, 5.74) is 2.97. The van der Waals surface area contributed by atoms with E-state index in [9.17, 15) is 4.79 Å². The largest absolute Gasteiger partial charge is 0.364 e. The van der Waals surface area contributed by atoms with Gasteiger partial charge in [0.1, 0.15) is 11.6 Å². The van der Waals surface area contributed by atoms with E-state index in [1.807, 2.05) is 44.2 Å². The number of pyridine rings is 1. The highest BCUT2D eigenvalue weighted by Gasteiger charge is 2.08. The van der Waals surface area contributed by atoms with Crippen LogP contribution >= 0.6 is 0 Å². The van der Waals surface area contributed by atoms with Crippen molar-refractivity contribution in [3.05, 3.63) is 75.8 Å². The highest BCUT2D eigenvalue weighted by Crippen LogP contribution is 2.20. The molecular formula is C20H19N5O. The molecule has 130 valence electrons. The van der Waals surface area contributed by atoms with Gasteiger partial charge in [0.25, 0.3) is 5.56 Å². The second kappa shape index (κ2) is 7.62. The van der Waals surface area contributed by atoms with Gasteiger partial charge in [-0.15, -0.1) is 0 Å². The van der Waals surface area contributed by atoms with Crippen molar-refractivity contribution in [2.75, 3.05) is 5.32 Å². The summed E-state index contributed by atoms with van der Waals surface area (Å²) >= 11 is 0. The number of hydrogen-bond acceptors (Lipinski definition) is 5. The number of aromatic amines is 1. The Bertz CT molecular complexity index is 1000. The number of nitriles is 1. The van der Waals surface area contributed by atoms with Crippen LogP contribution in [-0.4, -0.2) is 15.0 Å². The van der Waals surface area contributed by atoms with Crippen molar-refractivity contribution >= 4 is 5.82 Å². The van der Waals surface area contributed by atoms with E-state index in [1.165, 1.54) is 6.07 Å². The SMILES string of the molecule is CCc1cc(=O)[nH]c(-c2ccc(NC(C)c3cccc(C#N)c3)nc2)n1. The third-order valence-corrected chi connectivity index (χ3v) is 4.07. The summed E-state index contributed by atoms with van der Waals surface area (Å²) in [4.78, 5) is 23.3. The molecule has 0 aliphatic carbocycles. The van der Waals surface area contributed by atoms with Crippen LogP contribution in [0.4, 0.5) is 5.82 Å². The molecule has 0 aliphatic heterocycles. The Morgan fingerprint density at radius 2 is 2.12 bits per heavy atom. The molecule has 26 heavy (non-hydrogen) atoms. The standard InChI is InChI=1S/C20H19N5O/c1-3-17-10-19(26)25-20(24-17)16-7-8-18(22-12-16)23-13(2)15-6-4-5-14(9-15)11-21/h4-10,12-13H,3H2,1-2H3,(H,22,23)(H,24,25,26). The number of nitrogens with one attached hydrogen (secondary N) is 2. The van der Waals surface area contributed by atoms with Crippen LogP contribution in [0.15, 0.2) is 53.5 Å². The summed E-state index contributed by atoms with van der Waals surface area (Å²) in [6.07, 6.45) is 2.38. The van der Waals surface area contributed by atoms with Crippen LogP contribution in [0.5, 0.6) is 0 Å². The maximum absolute atomic E-state index is 11.7. The minimum absolute atomic E-state index is 0.00278. The molecule has 1 aromatic carbocycles. The topological polar surface area (TPSA) is 94.5 Å². The minimum atomic E-state index is -0.167. The molecule has 3 aromatic rings. The normalized spacial score (nSPS) is 11.6. The third-order valence-electron chi connectivity index (χ3n) is 4.07. The van der Waals surface area contributed by atoms with Gasteiger partial charge in [-0.3, -0.25) is 4.79 Å². The minimum Gasteiger partial charge on any atom is -0.364 e. The lowest BCUT2D eigenvalue weighted by atomic mass is 10.1. The fourth-order valence-corrected chi connectivity index (χ4v) is 2.63. The van der Waals surface area contributed by atoms with Gasteiger partial charge in [0.2, 0.25) is 0 Å². The average molecular weight is 345 g/mol. The first-order valence-corrected chi connectivity index (χ1v) is 8.42. The number of aryl methyl sites for hydroxylation is 1. The maximum atomic E-state index is 11.7. The highest BCUT2D eigenvalue weighted by molar-refractivity contribution is 5.56. The highest BCUT2D eigenvalue weighted by atomic mass is 16.1. The molecule has 0 bridgehead atoms. The van der Waals surface area contributed by atoms with Crippen molar-refractivity contribution in [2.45, 2.75) is 26.3 Å². The van der Waals surface area contributed by atoms with E-state index in [-0.39, 0.29) is 11.6 Å². The van der Waals surface area contributed by atoms with E-state index in [0.717, 1.165) is 16.8 Å². The number of rotatable bonds is 5. The van der Waals surface area contributed by atoms with Crippen LogP contribution < -0.4 is 10.9 Å². The van der Waals surface area contributed by atoms with Gasteiger partial charge in [-0.2, -0.15) is 5.26 Å². The summed E-state index contributed by atoms with van der Waals surface area (Å²) in [6.45, 7) is 3.97. The van der Waals surface area contributed by atoms with Gasteiger partial charge in [-0.25, -0.2) is 9.97 Å². The van der Waals surface area contributed by atoms with Crippen molar-refractivity contribution < 1.29 is 0 Å². The zero-order valence-electron chi connectivity index (χ0n) is 14.7. The van der Waals surface area contributed by atoms with E-state index in [1.54, 1.807) is 12.3 Å². The number of anilines is 1. The maximum Gasteiger partial charge on any atom is 0.251 e. The molecule has 0 aliphatic rings. The van der Waals surface area contributed by atoms with Crippen LogP contribution in [0, 0.1) is 11.3 Å². The van der Waals surface area contributed by atoms with Crippen LogP contribution in [0.3, 0.4) is 0 Å². The predicted molar refractivity (Wildman–Crippen MR) is 101 cm³/mol. The summed E-state index contributed by atoms with van der Waals surface area (Å²) in [5.74, 6) is 1.22. The Kier molecular flexibility index (Phi) is 5.09. The predicted octanol–water partition coefficient (Wildman–Crippen LogP) is 3.44. The molecule has 0 saturated carbocycles. The van der Waals surface area contributed by atoms with Crippen molar-refractivity contribution in [3.63, 3.8) is 0 Å². The van der Waals surface area contributed by atoms with E-state index >= 15 is 0 Å². The lowest BCUT2D eigenvalue weighted by molar-refractivity contribution is 0.874. The first-order chi connectivity index (χ1) is 12.6. The molecule has 1 atom stereocenters. The molecule has 2 heterocycles. The number of benzene rings is 1. The number of nitrogens with zero attached hydrogens (tertiary/aromatic N) is 3. The Hall–Kier alpha value is -3.46. The van der Waals surface area contributed by atoms with Gasteiger partial charge >= 0.3 is 0 Å². The Labute approximate surface area is 151 Å². The molecule has 6 heteroatoms. The third kappa shape index (κ3) is 3.95. The Balaban J connectivity index is 1.78. The van der Waals surface area contributed by atoms with Gasteiger partial charge in [0.05, 0.1) is 11.6 Å². The Morgan fingerprint density at radius 3 is 2.81 bits per heavy atom. The summed E-state index contributed by atoms with van der Waals surface area (Å²) in [5, 5.41) is 12.3. The fraction of sp³-hybridized carbons (Fsp3) is 0.200. The van der Waals surface area contributed by atoms with E-state index in [2.05, 4.69) is 26.3 Å². The quantitative estimate of drug-likeness (QED) is 0.739. The molecule has 0 fully saturated rings. The summed E-state index contributed by atoms with van der Waals surface area (Å²) in [7, 11) is 0. The molecule has 6 nitrogen and oxygen atoms in total. The number of aromatic nitrogens is 3. The molecule has 2 aromatic heterocycles. The van der Waals surface area contributed by atoms with Crippen molar-refractivity contribution in [1.82, 2.24) is 15.0 Å². The van der Waals surface area contributed by atoms with Gasteiger partial charge < -0.3 is 10.3 Å². The van der Waals surface area contributed by atoms with E-state index in [0.29, 0.717) is 23.6 Å². The van der Waals surface area contributed by atoms with Crippen molar-refractivity contribution in [1.29, 1.82) is 5.26 Å². The van der Waals surface area contributed by atoms with Gasteiger partial charge in [-0.05, 0) is 43.2 Å². The van der Waals surface area contributed by atoms with E-state index in [4.69, 9.17) is 5.26 Å². The summed E-state index contributed by atoms with van der Waals surface area (Å²) < 4.78 is 0. The van der Waals surface area contributed by atoms with Crippen LogP contribution in [0.1, 0.15) is 36.7 Å². The van der Waals surface area contributed by atoms with E-state index < -0.39 is 0 Å². The number of H-pyrrole nitrogens is 1. The second-order valence-corrected chi connectivity index (χ2v) is 5.97. The van der Waals surface area contributed by atoms with Crippen LogP contribution in [0.2, 0.25) is 0 Å². The van der Waals surface area contributed by atoms with Crippen LogP contribution in [-0.2, 0) is 6.42 Å². The molecule has 0 spiro atoms. The molecule has 0 saturated heterocycles. The van der Waals surface area contributed by atoms with Gasteiger partial charge in [0.15, 0.2) is 0 Å². The fourth-order valence-electron chi connectivity index (χ4n) is 2.63. The number of hydrogen-bond donors (Lipinski definition) is 2. The van der Waals surface area contributed by atoms with Gasteiger partial charge in [0, 0.05) is 29.6 Å². The first kappa shape index (κ1) is 17.4. The average Bonchev–Trinajstić information content (AvgIpc) is 2.68. The first-order valence-electron chi connectivity index (χ1n) is 8.42. The monoisotopic (exact) mass is 345 g/mol.